The number of carbonyl (C=O) groups excluding carboxylic acids is 1. The highest BCUT2D eigenvalue weighted by molar-refractivity contribution is 5.91. The molecule has 0 heterocycles. The van der Waals surface area contributed by atoms with Gasteiger partial charge in [0.25, 0.3) is 0 Å². The number of nitrogens with zero attached hydrogens (tertiary/aromatic N) is 1. The maximum atomic E-state index is 11.7. The molecule has 0 saturated heterocycles. The minimum absolute atomic E-state index is 0.0972. The lowest BCUT2D eigenvalue weighted by atomic mass is 10.1. The van der Waals surface area contributed by atoms with Crippen LogP contribution >= 0.6 is 0 Å². The number of hydrogen-bond donors (Lipinski definition) is 1. The van der Waals surface area contributed by atoms with Gasteiger partial charge in [0.2, 0.25) is 5.91 Å². The number of carbonyl (C=O) groups is 1. The zero-order valence-corrected chi connectivity index (χ0v) is 11.9. The topological polar surface area (TPSA) is 32.3 Å². The Labute approximate surface area is 110 Å². The van der Waals surface area contributed by atoms with Gasteiger partial charge in [-0.3, -0.25) is 4.79 Å². The van der Waals surface area contributed by atoms with Crippen LogP contribution in [0.3, 0.4) is 0 Å². The molecule has 3 nitrogen and oxygen atoms in total. The van der Waals surface area contributed by atoms with E-state index in [2.05, 4.69) is 31.0 Å². The number of hydrogen-bond acceptors (Lipinski definition) is 2. The van der Waals surface area contributed by atoms with Crippen LogP contribution in [0.15, 0.2) is 24.3 Å². The molecule has 0 aliphatic rings. The van der Waals surface area contributed by atoms with Crippen LogP contribution < -0.4 is 10.2 Å². The Hall–Kier alpha value is -1.51. The van der Waals surface area contributed by atoms with Gasteiger partial charge in [-0.25, -0.2) is 0 Å². The van der Waals surface area contributed by atoms with Gasteiger partial charge in [-0.1, -0.05) is 19.9 Å². The van der Waals surface area contributed by atoms with Crippen molar-refractivity contribution in [3.05, 3.63) is 24.3 Å². The van der Waals surface area contributed by atoms with Gasteiger partial charge >= 0.3 is 0 Å². The summed E-state index contributed by atoms with van der Waals surface area (Å²) in [5.41, 5.74) is 2.00. The van der Waals surface area contributed by atoms with Gasteiger partial charge in [-0.05, 0) is 37.5 Å². The zero-order chi connectivity index (χ0) is 13.5. The molecular formula is C15H24N2O. The van der Waals surface area contributed by atoms with Gasteiger partial charge in [-0.2, -0.15) is 0 Å². The molecule has 0 aliphatic carbocycles. The average Bonchev–Trinajstić information content (AvgIpc) is 2.35. The summed E-state index contributed by atoms with van der Waals surface area (Å²) < 4.78 is 0. The molecule has 1 N–H and O–H groups in total. The summed E-state index contributed by atoms with van der Waals surface area (Å²) in [5, 5.41) is 2.95. The predicted molar refractivity (Wildman–Crippen MR) is 78.1 cm³/mol. The van der Waals surface area contributed by atoms with E-state index in [1.165, 1.54) is 0 Å². The van der Waals surface area contributed by atoms with Gasteiger partial charge < -0.3 is 10.2 Å². The second kappa shape index (κ2) is 7.04. The molecule has 0 atom stereocenters. The number of rotatable bonds is 6. The Kier molecular flexibility index (Phi) is 5.69. The Morgan fingerprint density at radius 3 is 2.72 bits per heavy atom. The fourth-order valence-corrected chi connectivity index (χ4v) is 1.65. The van der Waals surface area contributed by atoms with Crippen molar-refractivity contribution in [2.24, 2.45) is 5.92 Å². The Morgan fingerprint density at radius 1 is 1.39 bits per heavy atom. The van der Waals surface area contributed by atoms with Crippen LogP contribution in [-0.2, 0) is 4.79 Å². The van der Waals surface area contributed by atoms with Crippen molar-refractivity contribution in [3.8, 4) is 0 Å². The van der Waals surface area contributed by atoms with E-state index in [1.807, 2.05) is 31.3 Å². The molecule has 18 heavy (non-hydrogen) atoms. The summed E-state index contributed by atoms with van der Waals surface area (Å²) in [6.07, 6.45) is 1.52. The van der Waals surface area contributed by atoms with E-state index >= 15 is 0 Å². The van der Waals surface area contributed by atoms with Crippen LogP contribution in [0.1, 0.15) is 33.6 Å². The molecule has 0 aromatic heterocycles. The predicted octanol–water partition coefficient (Wildman–Crippen LogP) is 3.52. The molecule has 1 aromatic carbocycles. The van der Waals surface area contributed by atoms with E-state index in [4.69, 9.17) is 0 Å². The lowest BCUT2D eigenvalue weighted by molar-refractivity contribution is -0.116. The van der Waals surface area contributed by atoms with Crippen molar-refractivity contribution < 1.29 is 4.79 Å². The van der Waals surface area contributed by atoms with Gasteiger partial charge in [-0.15, -0.1) is 0 Å². The van der Waals surface area contributed by atoms with Crippen molar-refractivity contribution in [2.75, 3.05) is 23.8 Å². The normalized spacial score (nSPS) is 10.5. The van der Waals surface area contributed by atoms with Gasteiger partial charge in [0.15, 0.2) is 0 Å². The summed E-state index contributed by atoms with van der Waals surface area (Å²) in [6.45, 7) is 7.31. The summed E-state index contributed by atoms with van der Waals surface area (Å²) in [6, 6.07) is 7.96. The van der Waals surface area contributed by atoms with Crippen molar-refractivity contribution >= 4 is 17.3 Å². The van der Waals surface area contributed by atoms with E-state index in [-0.39, 0.29) is 5.91 Å². The largest absolute Gasteiger partial charge is 0.375 e. The second-order valence-electron chi connectivity index (χ2n) is 5.05. The van der Waals surface area contributed by atoms with E-state index in [9.17, 15) is 4.79 Å². The van der Waals surface area contributed by atoms with Crippen LogP contribution in [0.4, 0.5) is 11.4 Å². The second-order valence-corrected chi connectivity index (χ2v) is 5.05. The number of nitrogens with one attached hydrogen (secondary N) is 1. The van der Waals surface area contributed by atoms with E-state index in [0.717, 1.165) is 24.3 Å². The Morgan fingerprint density at radius 2 is 2.11 bits per heavy atom. The first-order chi connectivity index (χ1) is 8.52. The first kappa shape index (κ1) is 14.6. The van der Waals surface area contributed by atoms with Crippen molar-refractivity contribution in [1.82, 2.24) is 0 Å². The van der Waals surface area contributed by atoms with Gasteiger partial charge in [0, 0.05) is 31.4 Å². The first-order valence-corrected chi connectivity index (χ1v) is 6.64. The molecule has 0 fully saturated rings. The molecule has 0 aliphatic heterocycles. The fraction of sp³-hybridized carbons (Fsp3) is 0.533. The van der Waals surface area contributed by atoms with Crippen LogP contribution in [-0.4, -0.2) is 19.5 Å². The highest BCUT2D eigenvalue weighted by Gasteiger charge is 2.05. The number of anilines is 2. The smallest absolute Gasteiger partial charge is 0.224 e. The van der Waals surface area contributed by atoms with Crippen LogP contribution in [0.5, 0.6) is 0 Å². The van der Waals surface area contributed by atoms with E-state index in [0.29, 0.717) is 12.3 Å². The van der Waals surface area contributed by atoms with E-state index in [1.54, 1.807) is 0 Å². The molecule has 0 saturated carbocycles. The van der Waals surface area contributed by atoms with Crippen molar-refractivity contribution in [3.63, 3.8) is 0 Å². The molecular weight excluding hydrogens is 224 g/mol. The van der Waals surface area contributed by atoms with Crippen LogP contribution in [0.25, 0.3) is 0 Å². The average molecular weight is 248 g/mol. The highest BCUT2D eigenvalue weighted by atomic mass is 16.1. The molecule has 100 valence electrons. The summed E-state index contributed by atoms with van der Waals surface area (Å²) in [4.78, 5) is 13.9. The minimum atomic E-state index is 0.0972. The monoisotopic (exact) mass is 248 g/mol. The summed E-state index contributed by atoms with van der Waals surface area (Å²) in [5.74, 6) is 0.660. The van der Waals surface area contributed by atoms with Crippen molar-refractivity contribution in [2.45, 2.75) is 33.6 Å². The first-order valence-electron chi connectivity index (χ1n) is 6.64. The van der Waals surface area contributed by atoms with Gasteiger partial charge in [0.1, 0.15) is 0 Å². The fourth-order valence-electron chi connectivity index (χ4n) is 1.65. The molecule has 3 heteroatoms. The maximum Gasteiger partial charge on any atom is 0.224 e. The molecule has 0 radical (unpaired) electrons. The standard InChI is InChI=1S/C15H24N2O/c1-5-17(4)14-8-6-7-13(11-14)16-15(18)10-9-12(2)3/h6-8,11-12H,5,9-10H2,1-4H3,(H,16,18). The summed E-state index contributed by atoms with van der Waals surface area (Å²) in [7, 11) is 2.04. The number of amides is 1. The number of benzene rings is 1. The molecule has 0 spiro atoms. The highest BCUT2D eigenvalue weighted by Crippen LogP contribution is 2.18. The maximum absolute atomic E-state index is 11.7. The molecule has 0 unspecified atom stereocenters. The Bertz CT molecular complexity index is 388. The van der Waals surface area contributed by atoms with Crippen molar-refractivity contribution in [1.29, 1.82) is 0 Å². The third-order valence-electron chi connectivity index (χ3n) is 2.99. The molecule has 1 amide bonds. The van der Waals surface area contributed by atoms with Gasteiger partial charge in [0.05, 0.1) is 0 Å². The SMILES string of the molecule is CCN(C)c1cccc(NC(=O)CCC(C)C)c1. The lowest BCUT2D eigenvalue weighted by Crippen LogP contribution is -2.16. The van der Waals surface area contributed by atoms with Crippen LogP contribution in [0, 0.1) is 5.92 Å². The molecule has 0 bridgehead atoms. The van der Waals surface area contributed by atoms with Crippen LogP contribution in [0.2, 0.25) is 0 Å². The molecule has 1 rings (SSSR count). The quantitative estimate of drug-likeness (QED) is 0.835. The van der Waals surface area contributed by atoms with E-state index < -0.39 is 0 Å². The molecule has 1 aromatic rings. The Balaban J connectivity index is 2.59. The third kappa shape index (κ3) is 4.78. The minimum Gasteiger partial charge on any atom is -0.375 e. The lowest BCUT2D eigenvalue weighted by Gasteiger charge is -2.17. The third-order valence-corrected chi connectivity index (χ3v) is 2.99. The summed E-state index contributed by atoms with van der Waals surface area (Å²) >= 11 is 0. The zero-order valence-electron chi connectivity index (χ0n) is 11.9.